The van der Waals surface area contributed by atoms with Crippen molar-refractivity contribution in [2.45, 2.75) is 97.7 Å². The zero-order valence-electron chi connectivity index (χ0n) is 24.6. The van der Waals surface area contributed by atoms with E-state index in [0.717, 1.165) is 32.1 Å². The molecule has 6 rings (SSSR count). The van der Waals surface area contributed by atoms with Crippen molar-refractivity contribution < 1.29 is 24.9 Å². The van der Waals surface area contributed by atoms with Crippen LogP contribution in [0, 0.1) is 52.3 Å². The van der Waals surface area contributed by atoms with Gasteiger partial charge in [-0.3, -0.25) is 0 Å². The highest BCUT2D eigenvalue weighted by Crippen LogP contribution is 2.69. The number of aromatic amines is 1. The molecule has 0 unspecified atom stereocenters. The molecule has 7 heteroatoms. The monoisotopic (exact) mass is 552 g/mol. The van der Waals surface area contributed by atoms with Crippen molar-refractivity contribution in [2.24, 2.45) is 52.3 Å². The lowest BCUT2D eigenvalue weighted by molar-refractivity contribution is -0.203. The first-order valence-corrected chi connectivity index (χ1v) is 15.8. The summed E-state index contributed by atoms with van der Waals surface area (Å²) in [7, 11) is 0. The summed E-state index contributed by atoms with van der Waals surface area (Å²) < 4.78 is 6.06. The number of pyridine rings is 1. The van der Waals surface area contributed by atoms with Gasteiger partial charge in [0.1, 0.15) is 5.65 Å². The highest BCUT2D eigenvalue weighted by atomic mass is 16.5. The number of fused-ring (bicyclic) bond motifs is 6. The number of nitrogens with zero attached hydrogens (tertiary/aromatic N) is 1. The Bertz CT molecular complexity index is 1240. The Kier molecular flexibility index (Phi) is 7.22. The first-order valence-electron chi connectivity index (χ1n) is 15.8. The van der Waals surface area contributed by atoms with Gasteiger partial charge in [-0.25, -0.2) is 4.79 Å². The minimum atomic E-state index is -0.967. The average molecular weight is 553 g/mol. The number of aliphatic hydroxyl groups is 2. The summed E-state index contributed by atoms with van der Waals surface area (Å²) in [6.45, 7) is 10.2. The molecule has 0 bridgehead atoms. The fourth-order valence-corrected chi connectivity index (χ4v) is 10.7. The molecule has 11 atom stereocenters. The molecule has 4 aliphatic rings. The first kappa shape index (κ1) is 28.0. The number of aromatic carboxylic acids is 1. The normalized spacial score (nSPS) is 41.6. The van der Waals surface area contributed by atoms with Crippen LogP contribution in [0.1, 0.15) is 95.8 Å². The molecule has 0 aromatic carbocycles. The second-order valence-corrected chi connectivity index (χ2v) is 14.3. The van der Waals surface area contributed by atoms with E-state index in [0.29, 0.717) is 64.9 Å². The van der Waals surface area contributed by atoms with Crippen LogP contribution in [0.4, 0.5) is 0 Å². The lowest BCUT2D eigenvalue weighted by Crippen LogP contribution is -2.62. The number of hydrogen-bond acceptors (Lipinski definition) is 5. The molecule has 0 aliphatic heterocycles. The average Bonchev–Trinajstić information content (AvgIpc) is 3.50. The van der Waals surface area contributed by atoms with Crippen molar-refractivity contribution >= 4 is 17.0 Å². The third-order valence-corrected chi connectivity index (χ3v) is 12.7. The highest BCUT2D eigenvalue weighted by molar-refractivity contribution is 6.02. The minimum Gasteiger partial charge on any atom is -0.478 e. The van der Waals surface area contributed by atoms with E-state index in [1.165, 1.54) is 31.9 Å². The Balaban J connectivity index is 1.14. The van der Waals surface area contributed by atoms with Gasteiger partial charge < -0.3 is 25.0 Å². The topological polar surface area (TPSA) is 116 Å². The summed E-state index contributed by atoms with van der Waals surface area (Å²) >= 11 is 0. The van der Waals surface area contributed by atoms with Gasteiger partial charge in [-0.1, -0.05) is 34.1 Å². The number of aromatic nitrogens is 2. The van der Waals surface area contributed by atoms with E-state index in [9.17, 15) is 20.1 Å². The van der Waals surface area contributed by atoms with Crippen LogP contribution in [0.15, 0.2) is 18.3 Å². The predicted molar refractivity (Wildman–Crippen MR) is 154 cm³/mol. The summed E-state index contributed by atoms with van der Waals surface area (Å²) in [5.41, 5.74) is 1.23. The quantitative estimate of drug-likeness (QED) is 0.321. The minimum absolute atomic E-state index is 0.203. The lowest BCUT2D eigenvalue weighted by Gasteiger charge is -2.64. The molecular formula is C33H48N2O5. The molecule has 220 valence electrons. The Hall–Kier alpha value is -2.12. The van der Waals surface area contributed by atoms with Crippen molar-refractivity contribution in [3.05, 3.63) is 23.9 Å². The van der Waals surface area contributed by atoms with E-state index in [2.05, 4.69) is 37.7 Å². The summed E-state index contributed by atoms with van der Waals surface area (Å²) in [5.74, 6) is 2.91. The molecule has 2 aromatic rings. The zero-order chi connectivity index (χ0) is 28.4. The largest absolute Gasteiger partial charge is 0.478 e. The molecule has 0 amide bonds. The van der Waals surface area contributed by atoms with Crippen molar-refractivity contribution in [2.75, 3.05) is 6.61 Å². The molecule has 0 radical (unpaired) electrons. The Morgan fingerprint density at radius 3 is 2.60 bits per heavy atom. The Morgan fingerprint density at radius 1 is 1.10 bits per heavy atom. The van der Waals surface area contributed by atoms with Crippen LogP contribution in [0.25, 0.3) is 11.0 Å². The van der Waals surface area contributed by atoms with Crippen molar-refractivity contribution in [3.8, 4) is 5.88 Å². The molecule has 4 saturated carbocycles. The SMILES string of the molecule is CC[C@H]1[C@@H](O)[C@@H]2[C@H](CC[C@]3(C)[C@@H]([C@H](C)CCOc4ccc5c(C(=O)O)c[nH]c5n4)CC[C@@H]23)[C@@]2(C)CC[C@@H](O)C[C@@H]12. The van der Waals surface area contributed by atoms with Gasteiger partial charge in [-0.05, 0) is 110 Å². The number of carboxylic acid groups (broad SMARTS) is 1. The van der Waals surface area contributed by atoms with Crippen LogP contribution in [-0.2, 0) is 0 Å². The Morgan fingerprint density at radius 2 is 1.85 bits per heavy atom. The second kappa shape index (κ2) is 10.3. The van der Waals surface area contributed by atoms with E-state index in [4.69, 9.17) is 4.74 Å². The summed E-state index contributed by atoms with van der Waals surface area (Å²) in [4.78, 5) is 18.8. The molecule has 40 heavy (non-hydrogen) atoms. The lowest BCUT2D eigenvalue weighted by atomic mass is 9.41. The maximum absolute atomic E-state index is 11.9. The fraction of sp³-hybridized carbons (Fsp3) is 0.758. The van der Waals surface area contributed by atoms with Crippen molar-refractivity contribution in [1.29, 1.82) is 0 Å². The number of rotatable bonds is 7. The van der Waals surface area contributed by atoms with Gasteiger partial charge in [-0.2, -0.15) is 4.98 Å². The first-order chi connectivity index (χ1) is 19.1. The maximum atomic E-state index is 11.9. The molecule has 7 nitrogen and oxygen atoms in total. The second-order valence-electron chi connectivity index (χ2n) is 14.3. The van der Waals surface area contributed by atoms with E-state index in [1.807, 2.05) is 0 Å². The zero-order valence-corrected chi connectivity index (χ0v) is 24.6. The number of ether oxygens (including phenoxy) is 1. The van der Waals surface area contributed by atoms with Gasteiger partial charge in [0, 0.05) is 17.6 Å². The van der Waals surface area contributed by atoms with Crippen LogP contribution in [0.5, 0.6) is 5.88 Å². The highest BCUT2D eigenvalue weighted by Gasteiger charge is 2.64. The standard InChI is InChI=1S/C33H48N2O5/c1-5-20-26-16-19(36)10-13-33(26,4)25-11-14-32(3)23(7-8-24(32)28(25)29(20)37)18(2)12-15-40-27-9-6-21-22(31(38)39)17-34-30(21)35-27/h6,9,17-20,23-26,28-29,36-37H,5,7-8,10-16H2,1-4H3,(H,34,35)(H,38,39)/t18-,19-,20-,23-,24+,25+,26+,28+,29-,32-,33-/m1/s1. The maximum Gasteiger partial charge on any atom is 0.337 e. The molecule has 2 aromatic heterocycles. The van der Waals surface area contributed by atoms with Crippen molar-refractivity contribution in [3.63, 3.8) is 0 Å². The third kappa shape index (κ3) is 4.29. The van der Waals surface area contributed by atoms with Crippen LogP contribution in [0.2, 0.25) is 0 Å². The van der Waals surface area contributed by atoms with E-state index >= 15 is 0 Å². The molecular weight excluding hydrogens is 504 g/mol. The van der Waals surface area contributed by atoms with E-state index in [-0.39, 0.29) is 28.6 Å². The number of carbonyl (C=O) groups is 1. The van der Waals surface area contributed by atoms with E-state index in [1.54, 1.807) is 12.1 Å². The summed E-state index contributed by atoms with van der Waals surface area (Å²) in [6.07, 6.45) is 10.7. The summed E-state index contributed by atoms with van der Waals surface area (Å²) in [5, 5.41) is 32.4. The molecule has 4 N–H and O–H groups in total. The van der Waals surface area contributed by atoms with E-state index < -0.39 is 5.97 Å². The van der Waals surface area contributed by atoms with Gasteiger partial charge in [-0.15, -0.1) is 0 Å². The number of carboxylic acids is 1. The smallest absolute Gasteiger partial charge is 0.337 e. The van der Waals surface area contributed by atoms with Crippen LogP contribution in [0.3, 0.4) is 0 Å². The summed E-state index contributed by atoms with van der Waals surface area (Å²) in [6, 6.07) is 3.52. The van der Waals surface area contributed by atoms with Crippen LogP contribution in [-0.4, -0.2) is 50.1 Å². The van der Waals surface area contributed by atoms with Gasteiger partial charge in [0.05, 0.1) is 24.4 Å². The fourth-order valence-electron chi connectivity index (χ4n) is 10.7. The predicted octanol–water partition coefficient (Wildman–Crippen LogP) is 6.29. The van der Waals surface area contributed by atoms with Gasteiger partial charge >= 0.3 is 5.97 Å². The molecule has 4 aliphatic carbocycles. The number of nitrogens with one attached hydrogen (secondary N) is 1. The van der Waals surface area contributed by atoms with Gasteiger partial charge in [0.25, 0.3) is 0 Å². The molecule has 0 saturated heterocycles. The number of aliphatic hydroxyl groups excluding tert-OH is 2. The number of hydrogen-bond donors (Lipinski definition) is 4. The molecule has 0 spiro atoms. The van der Waals surface area contributed by atoms with Gasteiger partial charge in [0.15, 0.2) is 0 Å². The number of H-pyrrole nitrogens is 1. The van der Waals surface area contributed by atoms with Crippen LogP contribution >= 0.6 is 0 Å². The molecule has 2 heterocycles. The third-order valence-electron chi connectivity index (χ3n) is 12.7. The van der Waals surface area contributed by atoms with Crippen LogP contribution < -0.4 is 4.74 Å². The van der Waals surface area contributed by atoms with Crippen molar-refractivity contribution in [1.82, 2.24) is 9.97 Å². The molecule has 4 fully saturated rings. The Labute approximate surface area is 238 Å². The van der Waals surface area contributed by atoms with Gasteiger partial charge in [0.2, 0.25) is 5.88 Å².